The second-order valence-electron chi connectivity index (χ2n) is 6.47. The number of para-hydroxylation sites is 1. The van der Waals surface area contributed by atoms with E-state index in [-0.39, 0.29) is 22.8 Å². The standard InChI is InChI=1S/C19H20N2O6/c1-9(2)26-17(23)13-10(3)27-15(20)14(16(22)25-4)19(13)11-7-5-6-8-12(11)21-18(19)24/h5-9H,20H2,1-4H3,(H,21,24)/t19-/m0/s1. The van der Waals surface area contributed by atoms with Gasteiger partial charge in [-0.25, -0.2) is 9.59 Å². The maximum atomic E-state index is 13.2. The van der Waals surface area contributed by atoms with Gasteiger partial charge in [-0.2, -0.15) is 0 Å². The Morgan fingerprint density at radius 2 is 1.85 bits per heavy atom. The lowest BCUT2D eigenvalue weighted by atomic mass is 9.67. The number of rotatable bonds is 3. The molecule has 1 amide bonds. The van der Waals surface area contributed by atoms with Crippen LogP contribution in [0, 0.1) is 0 Å². The van der Waals surface area contributed by atoms with Crippen molar-refractivity contribution in [3.8, 4) is 0 Å². The zero-order valence-electron chi connectivity index (χ0n) is 15.4. The smallest absolute Gasteiger partial charge is 0.340 e. The minimum Gasteiger partial charge on any atom is -0.465 e. The molecule has 0 aliphatic carbocycles. The first-order valence-electron chi connectivity index (χ1n) is 8.34. The fourth-order valence-electron chi connectivity index (χ4n) is 3.52. The molecule has 2 heterocycles. The van der Waals surface area contributed by atoms with Gasteiger partial charge in [0.05, 0.1) is 13.2 Å². The van der Waals surface area contributed by atoms with Crippen LogP contribution in [-0.4, -0.2) is 31.1 Å². The van der Waals surface area contributed by atoms with Gasteiger partial charge in [0.25, 0.3) is 0 Å². The number of allylic oxidation sites excluding steroid dienone is 1. The number of hydrogen-bond acceptors (Lipinski definition) is 7. The van der Waals surface area contributed by atoms with Crippen LogP contribution in [0.25, 0.3) is 0 Å². The van der Waals surface area contributed by atoms with Crippen LogP contribution in [0.1, 0.15) is 26.3 Å². The molecule has 1 spiro atoms. The highest BCUT2D eigenvalue weighted by molar-refractivity contribution is 6.21. The van der Waals surface area contributed by atoms with Crippen LogP contribution in [0.4, 0.5) is 5.69 Å². The van der Waals surface area contributed by atoms with Gasteiger partial charge in [0.15, 0.2) is 0 Å². The minimum absolute atomic E-state index is 0.0812. The molecule has 0 aromatic heterocycles. The van der Waals surface area contributed by atoms with Crippen molar-refractivity contribution in [3.63, 3.8) is 0 Å². The number of methoxy groups -OCH3 is 1. The first-order valence-corrected chi connectivity index (χ1v) is 8.34. The van der Waals surface area contributed by atoms with Crippen molar-refractivity contribution < 1.29 is 28.6 Å². The van der Waals surface area contributed by atoms with Crippen molar-refractivity contribution in [2.45, 2.75) is 32.3 Å². The monoisotopic (exact) mass is 372 g/mol. The van der Waals surface area contributed by atoms with E-state index in [1.807, 2.05) is 0 Å². The summed E-state index contributed by atoms with van der Waals surface area (Å²) in [5, 5.41) is 2.71. The van der Waals surface area contributed by atoms with Crippen molar-refractivity contribution >= 4 is 23.5 Å². The van der Waals surface area contributed by atoms with Gasteiger partial charge in [-0.05, 0) is 26.8 Å². The molecule has 142 valence electrons. The number of nitrogens with two attached hydrogens (primary N) is 1. The average molecular weight is 372 g/mol. The number of carbonyl (C=O) groups is 3. The molecule has 0 bridgehead atoms. The lowest BCUT2D eigenvalue weighted by molar-refractivity contribution is -0.145. The fourth-order valence-corrected chi connectivity index (χ4v) is 3.52. The number of amides is 1. The van der Waals surface area contributed by atoms with Gasteiger partial charge >= 0.3 is 11.9 Å². The van der Waals surface area contributed by atoms with Crippen LogP contribution in [0.3, 0.4) is 0 Å². The normalized spacial score (nSPS) is 21.1. The van der Waals surface area contributed by atoms with Crippen molar-refractivity contribution in [2.24, 2.45) is 5.73 Å². The van der Waals surface area contributed by atoms with E-state index in [1.54, 1.807) is 38.1 Å². The summed E-state index contributed by atoms with van der Waals surface area (Å²) in [5.41, 5.74) is 4.66. The van der Waals surface area contributed by atoms with Gasteiger partial charge in [0, 0.05) is 11.3 Å². The molecular formula is C19H20N2O6. The molecule has 2 aliphatic heterocycles. The van der Waals surface area contributed by atoms with E-state index in [9.17, 15) is 14.4 Å². The largest absolute Gasteiger partial charge is 0.465 e. The summed E-state index contributed by atoms with van der Waals surface area (Å²) >= 11 is 0. The number of anilines is 1. The Morgan fingerprint density at radius 3 is 2.48 bits per heavy atom. The zero-order chi connectivity index (χ0) is 19.9. The first-order chi connectivity index (χ1) is 12.7. The van der Waals surface area contributed by atoms with E-state index < -0.39 is 29.4 Å². The van der Waals surface area contributed by atoms with Gasteiger partial charge in [-0.1, -0.05) is 18.2 Å². The maximum Gasteiger partial charge on any atom is 0.340 e. The van der Waals surface area contributed by atoms with Crippen molar-refractivity contribution in [3.05, 3.63) is 52.6 Å². The van der Waals surface area contributed by atoms with Crippen molar-refractivity contribution in [2.75, 3.05) is 12.4 Å². The van der Waals surface area contributed by atoms with E-state index >= 15 is 0 Å². The molecule has 8 heteroatoms. The molecule has 1 atom stereocenters. The van der Waals surface area contributed by atoms with Gasteiger partial charge in [0.2, 0.25) is 11.8 Å². The summed E-state index contributed by atoms with van der Waals surface area (Å²) in [6.07, 6.45) is -0.445. The highest BCUT2D eigenvalue weighted by atomic mass is 16.5. The van der Waals surface area contributed by atoms with Crippen LogP contribution in [-0.2, 0) is 34.0 Å². The third-order valence-corrected chi connectivity index (χ3v) is 4.47. The number of carbonyl (C=O) groups excluding carboxylic acids is 3. The zero-order valence-corrected chi connectivity index (χ0v) is 15.4. The Labute approximate surface area is 155 Å². The minimum atomic E-state index is -1.82. The molecule has 2 aliphatic rings. The van der Waals surface area contributed by atoms with E-state index in [4.69, 9.17) is 19.9 Å². The Kier molecular flexibility index (Phi) is 4.43. The summed E-state index contributed by atoms with van der Waals surface area (Å²) in [7, 11) is 1.16. The summed E-state index contributed by atoms with van der Waals surface area (Å²) < 4.78 is 15.6. The van der Waals surface area contributed by atoms with Gasteiger partial charge in [-0.15, -0.1) is 0 Å². The molecule has 1 aromatic rings. The Morgan fingerprint density at radius 1 is 1.19 bits per heavy atom. The number of fused-ring (bicyclic) bond motifs is 2. The molecule has 27 heavy (non-hydrogen) atoms. The summed E-state index contributed by atoms with van der Waals surface area (Å²) in [4.78, 5) is 38.8. The topological polar surface area (TPSA) is 117 Å². The van der Waals surface area contributed by atoms with Crippen LogP contribution in [0.15, 0.2) is 47.1 Å². The Hall–Kier alpha value is -3.29. The highest BCUT2D eigenvalue weighted by Crippen LogP contribution is 2.52. The SMILES string of the molecule is COC(=O)C1=C(N)OC(C)=C(C(=O)OC(C)C)[C@]12C(=O)Nc1ccccc12. The van der Waals surface area contributed by atoms with Crippen molar-refractivity contribution in [1.29, 1.82) is 0 Å². The van der Waals surface area contributed by atoms with Gasteiger partial charge < -0.3 is 25.3 Å². The second kappa shape index (κ2) is 6.46. The van der Waals surface area contributed by atoms with Crippen LogP contribution < -0.4 is 11.1 Å². The molecule has 8 nitrogen and oxygen atoms in total. The molecule has 0 unspecified atom stereocenters. The lowest BCUT2D eigenvalue weighted by Crippen LogP contribution is -2.48. The predicted molar refractivity (Wildman–Crippen MR) is 95.0 cm³/mol. The van der Waals surface area contributed by atoms with Crippen LogP contribution >= 0.6 is 0 Å². The summed E-state index contributed by atoms with van der Waals surface area (Å²) in [6.45, 7) is 4.85. The molecule has 0 saturated heterocycles. The number of benzene rings is 1. The molecule has 0 radical (unpaired) electrons. The highest BCUT2D eigenvalue weighted by Gasteiger charge is 2.61. The van der Waals surface area contributed by atoms with Crippen LogP contribution in [0.5, 0.6) is 0 Å². The summed E-state index contributed by atoms with van der Waals surface area (Å²) in [5.74, 6) is -2.47. The third-order valence-electron chi connectivity index (χ3n) is 4.47. The van der Waals surface area contributed by atoms with E-state index in [1.165, 1.54) is 6.92 Å². The first kappa shape index (κ1) is 18.5. The number of hydrogen-bond donors (Lipinski definition) is 2. The average Bonchev–Trinajstić information content (AvgIpc) is 2.86. The molecule has 3 rings (SSSR count). The molecule has 1 aromatic carbocycles. The Bertz CT molecular complexity index is 915. The third kappa shape index (κ3) is 2.56. The summed E-state index contributed by atoms with van der Waals surface area (Å²) in [6, 6.07) is 6.74. The fraction of sp³-hybridized carbons (Fsp3) is 0.316. The van der Waals surface area contributed by atoms with Gasteiger partial charge in [0.1, 0.15) is 22.3 Å². The number of esters is 2. The maximum absolute atomic E-state index is 13.2. The molecule has 0 saturated carbocycles. The number of nitrogens with one attached hydrogen (secondary N) is 1. The van der Waals surface area contributed by atoms with E-state index in [2.05, 4.69) is 5.32 Å². The second-order valence-corrected chi connectivity index (χ2v) is 6.47. The lowest BCUT2D eigenvalue weighted by Gasteiger charge is -2.35. The molecule has 0 fully saturated rings. The van der Waals surface area contributed by atoms with E-state index in [0.29, 0.717) is 11.3 Å². The Balaban J connectivity index is 2.37. The predicted octanol–water partition coefficient (Wildman–Crippen LogP) is 1.48. The molecular weight excluding hydrogens is 352 g/mol. The quantitative estimate of drug-likeness (QED) is 0.772. The number of ether oxygens (including phenoxy) is 3. The van der Waals surface area contributed by atoms with Crippen LogP contribution in [0.2, 0.25) is 0 Å². The molecule has 3 N–H and O–H groups in total. The van der Waals surface area contributed by atoms with Gasteiger partial charge in [-0.3, -0.25) is 4.79 Å². The van der Waals surface area contributed by atoms with Crippen molar-refractivity contribution in [1.82, 2.24) is 0 Å². The van der Waals surface area contributed by atoms with E-state index in [0.717, 1.165) is 7.11 Å².